The first kappa shape index (κ1) is 17.4. The molecule has 2 heterocycles. The lowest BCUT2D eigenvalue weighted by molar-refractivity contribution is -0.123. The highest BCUT2D eigenvalue weighted by atomic mass is 16.5. The number of para-hydroxylation sites is 1. The molecule has 1 atom stereocenters. The molecule has 1 aromatic heterocycles. The predicted molar refractivity (Wildman–Crippen MR) is 99.9 cm³/mol. The maximum absolute atomic E-state index is 12.1. The van der Waals surface area contributed by atoms with Gasteiger partial charge in [-0.05, 0) is 24.3 Å². The van der Waals surface area contributed by atoms with E-state index in [2.05, 4.69) is 14.9 Å². The van der Waals surface area contributed by atoms with Crippen molar-refractivity contribution in [2.24, 2.45) is 0 Å². The molecule has 0 radical (unpaired) electrons. The summed E-state index contributed by atoms with van der Waals surface area (Å²) in [6.45, 7) is 1.40. The van der Waals surface area contributed by atoms with Crippen LogP contribution in [-0.2, 0) is 16.1 Å². The monoisotopic (exact) mass is 367 g/mol. The summed E-state index contributed by atoms with van der Waals surface area (Å²) in [5.74, 6) is 2.12. The molecular formula is C20H21N3O4. The lowest BCUT2D eigenvalue weighted by atomic mass is 10.2. The van der Waals surface area contributed by atoms with Gasteiger partial charge in [-0.3, -0.25) is 4.79 Å². The number of imidazole rings is 1. The molecule has 1 N–H and O–H groups in total. The standard InChI is InChI=1S/C20H21N3O4/c1-25-16-7-8-18-17(9-16)22-19-12-26-11-14(23(18)19)10-21-20(24)13-27-15-5-3-2-4-6-15/h2-9,14H,10-13H2,1H3,(H,21,24). The fourth-order valence-electron chi connectivity index (χ4n) is 3.22. The van der Waals surface area contributed by atoms with Crippen LogP contribution < -0.4 is 14.8 Å². The third-order valence-electron chi connectivity index (χ3n) is 4.52. The van der Waals surface area contributed by atoms with Gasteiger partial charge in [0.25, 0.3) is 5.91 Å². The number of benzene rings is 2. The summed E-state index contributed by atoms with van der Waals surface area (Å²) in [7, 11) is 1.64. The number of aromatic nitrogens is 2. The van der Waals surface area contributed by atoms with Crippen molar-refractivity contribution in [2.45, 2.75) is 12.6 Å². The molecular weight excluding hydrogens is 346 g/mol. The van der Waals surface area contributed by atoms with Crippen molar-refractivity contribution in [1.29, 1.82) is 0 Å². The molecule has 0 saturated heterocycles. The van der Waals surface area contributed by atoms with Gasteiger partial charge in [0.1, 0.15) is 23.9 Å². The van der Waals surface area contributed by atoms with E-state index in [0.29, 0.717) is 25.5 Å². The minimum absolute atomic E-state index is 0.0205. The summed E-state index contributed by atoms with van der Waals surface area (Å²) in [5.41, 5.74) is 1.87. The number of ether oxygens (including phenoxy) is 3. The van der Waals surface area contributed by atoms with Crippen molar-refractivity contribution in [2.75, 3.05) is 26.9 Å². The summed E-state index contributed by atoms with van der Waals surface area (Å²) in [6.07, 6.45) is 0. The normalized spacial score (nSPS) is 16.0. The second kappa shape index (κ2) is 7.67. The molecule has 2 aromatic carbocycles. The Morgan fingerprint density at radius 2 is 2.11 bits per heavy atom. The Morgan fingerprint density at radius 3 is 2.93 bits per heavy atom. The average molecular weight is 367 g/mol. The smallest absolute Gasteiger partial charge is 0.258 e. The molecule has 27 heavy (non-hydrogen) atoms. The molecule has 0 bridgehead atoms. The first-order valence-corrected chi connectivity index (χ1v) is 8.82. The Morgan fingerprint density at radius 1 is 1.26 bits per heavy atom. The number of methoxy groups -OCH3 is 1. The number of rotatable bonds is 6. The topological polar surface area (TPSA) is 74.6 Å². The van der Waals surface area contributed by atoms with Gasteiger partial charge in [0.05, 0.1) is 30.8 Å². The van der Waals surface area contributed by atoms with Crippen LogP contribution in [0.2, 0.25) is 0 Å². The quantitative estimate of drug-likeness (QED) is 0.724. The third kappa shape index (κ3) is 3.73. The van der Waals surface area contributed by atoms with E-state index in [1.165, 1.54) is 0 Å². The Kier molecular flexibility index (Phi) is 4.93. The summed E-state index contributed by atoms with van der Waals surface area (Å²) in [6, 6.07) is 15.1. The summed E-state index contributed by atoms with van der Waals surface area (Å²) in [5, 5.41) is 2.92. The molecule has 3 aromatic rings. The largest absolute Gasteiger partial charge is 0.497 e. The van der Waals surface area contributed by atoms with E-state index in [9.17, 15) is 4.79 Å². The number of fused-ring (bicyclic) bond motifs is 3. The number of hydrogen-bond donors (Lipinski definition) is 1. The highest BCUT2D eigenvalue weighted by molar-refractivity contribution is 5.79. The molecule has 4 rings (SSSR count). The molecule has 1 aliphatic rings. The SMILES string of the molecule is COc1ccc2c(c1)nc1n2C(CNC(=O)COc2ccccc2)COC1. The van der Waals surface area contributed by atoms with Crippen LogP contribution in [0.25, 0.3) is 11.0 Å². The first-order chi connectivity index (χ1) is 13.2. The van der Waals surface area contributed by atoms with E-state index in [1.54, 1.807) is 7.11 Å². The molecule has 7 heteroatoms. The van der Waals surface area contributed by atoms with E-state index in [1.807, 2.05) is 48.5 Å². The number of nitrogens with one attached hydrogen (secondary N) is 1. The zero-order valence-electron chi connectivity index (χ0n) is 15.1. The maximum atomic E-state index is 12.1. The Balaban J connectivity index is 1.42. The first-order valence-electron chi connectivity index (χ1n) is 8.82. The van der Waals surface area contributed by atoms with Crippen molar-refractivity contribution >= 4 is 16.9 Å². The Bertz CT molecular complexity index is 939. The van der Waals surface area contributed by atoms with Gasteiger partial charge < -0.3 is 24.1 Å². The van der Waals surface area contributed by atoms with Crippen LogP contribution in [0.4, 0.5) is 0 Å². The van der Waals surface area contributed by atoms with Gasteiger partial charge in [0.2, 0.25) is 0 Å². The van der Waals surface area contributed by atoms with Gasteiger partial charge in [-0.1, -0.05) is 18.2 Å². The van der Waals surface area contributed by atoms with Gasteiger partial charge in [-0.15, -0.1) is 0 Å². The van der Waals surface area contributed by atoms with Gasteiger partial charge in [0.15, 0.2) is 6.61 Å². The van der Waals surface area contributed by atoms with Crippen molar-refractivity contribution in [3.05, 3.63) is 54.4 Å². The summed E-state index contributed by atoms with van der Waals surface area (Å²) in [4.78, 5) is 16.8. The summed E-state index contributed by atoms with van der Waals surface area (Å²) >= 11 is 0. The molecule has 140 valence electrons. The Labute approximate surface area is 156 Å². The molecule has 1 unspecified atom stereocenters. The predicted octanol–water partition coefficient (Wildman–Crippen LogP) is 2.31. The van der Waals surface area contributed by atoms with E-state index >= 15 is 0 Å². The molecule has 1 aliphatic heterocycles. The second-order valence-corrected chi connectivity index (χ2v) is 6.33. The van der Waals surface area contributed by atoms with Crippen LogP contribution in [0.3, 0.4) is 0 Å². The van der Waals surface area contributed by atoms with Crippen LogP contribution in [0.5, 0.6) is 11.5 Å². The van der Waals surface area contributed by atoms with E-state index in [4.69, 9.17) is 14.2 Å². The molecule has 0 fully saturated rings. The summed E-state index contributed by atoms with van der Waals surface area (Å²) < 4.78 is 18.5. The van der Waals surface area contributed by atoms with Crippen molar-refractivity contribution in [3.8, 4) is 11.5 Å². The second-order valence-electron chi connectivity index (χ2n) is 6.33. The zero-order valence-corrected chi connectivity index (χ0v) is 15.1. The maximum Gasteiger partial charge on any atom is 0.258 e. The number of carbonyl (C=O) groups excluding carboxylic acids is 1. The van der Waals surface area contributed by atoms with Crippen LogP contribution >= 0.6 is 0 Å². The minimum atomic E-state index is -0.169. The average Bonchev–Trinajstić information content (AvgIpc) is 3.09. The molecule has 0 aliphatic carbocycles. The van der Waals surface area contributed by atoms with E-state index < -0.39 is 0 Å². The van der Waals surface area contributed by atoms with Crippen LogP contribution in [0.15, 0.2) is 48.5 Å². The fraction of sp³-hybridized carbons (Fsp3) is 0.300. The highest BCUT2D eigenvalue weighted by Gasteiger charge is 2.24. The lowest BCUT2D eigenvalue weighted by Gasteiger charge is -2.26. The molecule has 0 spiro atoms. The molecule has 1 amide bonds. The minimum Gasteiger partial charge on any atom is -0.497 e. The van der Waals surface area contributed by atoms with Crippen molar-refractivity contribution < 1.29 is 19.0 Å². The van der Waals surface area contributed by atoms with Gasteiger partial charge in [0, 0.05) is 12.6 Å². The van der Waals surface area contributed by atoms with Crippen LogP contribution in [0, 0.1) is 0 Å². The number of hydrogen-bond acceptors (Lipinski definition) is 5. The van der Waals surface area contributed by atoms with Crippen molar-refractivity contribution in [1.82, 2.24) is 14.9 Å². The molecule has 7 nitrogen and oxygen atoms in total. The Hall–Kier alpha value is -3.06. The van der Waals surface area contributed by atoms with Gasteiger partial charge >= 0.3 is 0 Å². The molecule has 0 saturated carbocycles. The van der Waals surface area contributed by atoms with Crippen LogP contribution in [-0.4, -0.2) is 42.3 Å². The van der Waals surface area contributed by atoms with Gasteiger partial charge in [-0.25, -0.2) is 4.98 Å². The van der Waals surface area contributed by atoms with E-state index in [-0.39, 0.29) is 18.6 Å². The lowest BCUT2D eigenvalue weighted by Crippen LogP contribution is -2.37. The van der Waals surface area contributed by atoms with Crippen LogP contribution in [0.1, 0.15) is 11.9 Å². The number of nitrogens with zero attached hydrogens (tertiary/aromatic N) is 2. The number of amides is 1. The third-order valence-corrected chi connectivity index (χ3v) is 4.52. The van der Waals surface area contributed by atoms with Gasteiger partial charge in [-0.2, -0.15) is 0 Å². The fourth-order valence-corrected chi connectivity index (χ4v) is 3.22. The zero-order chi connectivity index (χ0) is 18.6. The van der Waals surface area contributed by atoms with E-state index in [0.717, 1.165) is 22.6 Å². The highest BCUT2D eigenvalue weighted by Crippen LogP contribution is 2.28. The van der Waals surface area contributed by atoms with Crippen molar-refractivity contribution in [3.63, 3.8) is 0 Å². The number of carbonyl (C=O) groups is 1.